The summed E-state index contributed by atoms with van der Waals surface area (Å²) in [6.45, 7) is 0.0713. The second-order valence-corrected chi connectivity index (χ2v) is 6.94. The molecule has 6 heteroatoms. The van der Waals surface area contributed by atoms with E-state index in [4.69, 9.17) is 6.42 Å². The van der Waals surface area contributed by atoms with Crippen LogP contribution in [0.25, 0.3) is 0 Å². The lowest BCUT2D eigenvalue weighted by Gasteiger charge is -2.08. The summed E-state index contributed by atoms with van der Waals surface area (Å²) in [5.41, 5.74) is 2.01. The molecule has 2 rings (SSSR count). The third-order valence-electron chi connectivity index (χ3n) is 3.05. The van der Waals surface area contributed by atoms with Crippen molar-refractivity contribution in [3.05, 3.63) is 54.1 Å². The highest BCUT2D eigenvalue weighted by molar-refractivity contribution is 7.90. The van der Waals surface area contributed by atoms with E-state index >= 15 is 0 Å². The molecule has 0 fully saturated rings. The quantitative estimate of drug-likeness (QED) is 0.825. The first-order valence-corrected chi connectivity index (χ1v) is 8.68. The monoisotopic (exact) mass is 328 g/mol. The molecule has 0 aliphatic rings. The van der Waals surface area contributed by atoms with Crippen molar-refractivity contribution in [2.45, 2.75) is 4.90 Å². The first-order valence-electron chi connectivity index (χ1n) is 6.79. The Morgan fingerprint density at radius 2 is 1.83 bits per heavy atom. The summed E-state index contributed by atoms with van der Waals surface area (Å²) in [6, 6.07) is 13.2. The number of rotatable bonds is 5. The molecule has 2 aromatic rings. The summed E-state index contributed by atoms with van der Waals surface area (Å²) in [6.07, 6.45) is 6.45. The zero-order valence-electron chi connectivity index (χ0n) is 12.5. The Morgan fingerprint density at radius 3 is 2.43 bits per heavy atom. The fraction of sp³-hybridized carbons (Fsp3) is 0.118. The molecular formula is C17H16N2O3S. The Hall–Kier alpha value is -2.78. The van der Waals surface area contributed by atoms with Gasteiger partial charge in [0, 0.05) is 23.2 Å². The average Bonchev–Trinajstić information content (AvgIpc) is 2.53. The van der Waals surface area contributed by atoms with Gasteiger partial charge in [0.15, 0.2) is 9.84 Å². The van der Waals surface area contributed by atoms with Crippen LogP contribution < -0.4 is 10.6 Å². The predicted molar refractivity (Wildman–Crippen MR) is 91.0 cm³/mol. The average molecular weight is 328 g/mol. The van der Waals surface area contributed by atoms with Gasteiger partial charge in [0.05, 0.1) is 11.4 Å². The minimum atomic E-state index is -3.24. The van der Waals surface area contributed by atoms with E-state index in [1.54, 1.807) is 30.3 Å². The summed E-state index contributed by atoms with van der Waals surface area (Å²) in [4.78, 5) is 12.1. The number of anilines is 2. The number of carbonyl (C=O) groups is 1. The normalized spacial score (nSPS) is 10.6. The zero-order chi connectivity index (χ0) is 16.9. The Morgan fingerprint density at radius 1 is 1.13 bits per heavy atom. The van der Waals surface area contributed by atoms with Crippen molar-refractivity contribution in [1.29, 1.82) is 0 Å². The van der Waals surface area contributed by atoms with Crippen LogP contribution in [-0.2, 0) is 14.6 Å². The standard InChI is InChI=1S/C17H16N2O3S/c1-3-13-5-4-6-15(11-13)18-12-17(20)19-14-7-9-16(10-8-14)23(2,21)22/h1,4-11,18H,12H2,2H3,(H,19,20). The van der Waals surface area contributed by atoms with Crippen LogP contribution in [0.3, 0.4) is 0 Å². The van der Waals surface area contributed by atoms with Gasteiger partial charge in [-0.15, -0.1) is 6.42 Å². The van der Waals surface area contributed by atoms with Crippen molar-refractivity contribution in [3.8, 4) is 12.3 Å². The Bertz CT molecular complexity index is 850. The highest BCUT2D eigenvalue weighted by atomic mass is 32.2. The molecule has 0 radical (unpaired) electrons. The summed E-state index contributed by atoms with van der Waals surface area (Å²) in [7, 11) is -3.24. The van der Waals surface area contributed by atoms with Crippen molar-refractivity contribution < 1.29 is 13.2 Å². The molecule has 2 N–H and O–H groups in total. The number of amides is 1. The van der Waals surface area contributed by atoms with E-state index in [9.17, 15) is 13.2 Å². The van der Waals surface area contributed by atoms with Gasteiger partial charge in [0.2, 0.25) is 5.91 Å². The minimum absolute atomic E-state index is 0.0713. The summed E-state index contributed by atoms with van der Waals surface area (Å²) < 4.78 is 22.7. The lowest BCUT2D eigenvalue weighted by Crippen LogP contribution is -2.21. The van der Waals surface area contributed by atoms with Crippen LogP contribution in [0.5, 0.6) is 0 Å². The molecule has 0 saturated carbocycles. The van der Waals surface area contributed by atoms with E-state index in [1.807, 2.05) is 6.07 Å². The number of terminal acetylenes is 1. The number of hydrogen-bond acceptors (Lipinski definition) is 4. The maximum Gasteiger partial charge on any atom is 0.243 e. The third-order valence-corrected chi connectivity index (χ3v) is 4.18. The van der Waals surface area contributed by atoms with Crippen LogP contribution in [-0.4, -0.2) is 27.1 Å². The van der Waals surface area contributed by atoms with Gasteiger partial charge in [-0.1, -0.05) is 12.0 Å². The van der Waals surface area contributed by atoms with Crippen molar-refractivity contribution >= 4 is 27.1 Å². The molecule has 0 aliphatic heterocycles. The van der Waals surface area contributed by atoms with E-state index < -0.39 is 9.84 Å². The molecule has 118 valence electrons. The van der Waals surface area contributed by atoms with Crippen LogP contribution in [0.4, 0.5) is 11.4 Å². The molecule has 5 nitrogen and oxygen atoms in total. The Kier molecular flexibility index (Phi) is 5.04. The molecule has 0 spiro atoms. The van der Waals surface area contributed by atoms with Gasteiger partial charge >= 0.3 is 0 Å². The first-order chi connectivity index (χ1) is 10.9. The van der Waals surface area contributed by atoms with Crippen LogP contribution in [0.1, 0.15) is 5.56 Å². The van der Waals surface area contributed by atoms with E-state index in [1.165, 1.54) is 12.1 Å². The molecule has 0 bridgehead atoms. The molecule has 0 unspecified atom stereocenters. The molecule has 0 aromatic heterocycles. The van der Waals surface area contributed by atoms with E-state index in [2.05, 4.69) is 16.6 Å². The Balaban J connectivity index is 1.93. The van der Waals surface area contributed by atoms with Gasteiger partial charge in [0.25, 0.3) is 0 Å². The molecule has 0 aliphatic carbocycles. The van der Waals surface area contributed by atoms with Gasteiger partial charge < -0.3 is 10.6 Å². The second-order valence-electron chi connectivity index (χ2n) is 4.92. The van der Waals surface area contributed by atoms with Gasteiger partial charge in [-0.3, -0.25) is 4.79 Å². The molecule has 23 heavy (non-hydrogen) atoms. The van der Waals surface area contributed by atoms with E-state index in [-0.39, 0.29) is 17.3 Å². The van der Waals surface area contributed by atoms with Crippen LogP contribution in [0, 0.1) is 12.3 Å². The Labute approximate surface area is 135 Å². The van der Waals surface area contributed by atoms with Gasteiger partial charge in [0.1, 0.15) is 0 Å². The van der Waals surface area contributed by atoms with Crippen LogP contribution in [0.2, 0.25) is 0 Å². The predicted octanol–water partition coefficient (Wildman–Crippen LogP) is 2.12. The maximum atomic E-state index is 11.9. The molecule has 0 saturated heterocycles. The van der Waals surface area contributed by atoms with Gasteiger partial charge in [-0.05, 0) is 42.5 Å². The van der Waals surface area contributed by atoms with Crippen LogP contribution >= 0.6 is 0 Å². The summed E-state index contributed by atoms with van der Waals surface area (Å²) >= 11 is 0. The highest BCUT2D eigenvalue weighted by Crippen LogP contribution is 2.14. The second kappa shape index (κ2) is 6.99. The largest absolute Gasteiger partial charge is 0.376 e. The third kappa shape index (κ3) is 4.87. The van der Waals surface area contributed by atoms with E-state index in [0.717, 1.165) is 17.5 Å². The summed E-state index contributed by atoms with van der Waals surface area (Å²) in [5, 5.41) is 5.65. The van der Waals surface area contributed by atoms with Crippen molar-refractivity contribution in [3.63, 3.8) is 0 Å². The number of sulfone groups is 1. The summed E-state index contributed by atoms with van der Waals surface area (Å²) in [5.74, 6) is 2.28. The smallest absolute Gasteiger partial charge is 0.243 e. The van der Waals surface area contributed by atoms with E-state index in [0.29, 0.717) is 5.69 Å². The van der Waals surface area contributed by atoms with Crippen molar-refractivity contribution in [2.75, 3.05) is 23.4 Å². The molecule has 0 heterocycles. The van der Waals surface area contributed by atoms with Crippen molar-refractivity contribution in [1.82, 2.24) is 0 Å². The highest BCUT2D eigenvalue weighted by Gasteiger charge is 2.07. The number of carbonyl (C=O) groups excluding carboxylic acids is 1. The molecule has 0 atom stereocenters. The number of nitrogens with one attached hydrogen (secondary N) is 2. The van der Waals surface area contributed by atoms with Gasteiger partial charge in [-0.25, -0.2) is 8.42 Å². The zero-order valence-corrected chi connectivity index (χ0v) is 13.4. The SMILES string of the molecule is C#Cc1cccc(NCC(=O)Nc2ccc(S(C)(=O)=O)cc2)c1. The maximum absolute atomic E-state index is 11.9. The first kappa shape index (κ1) is 16.6. The van der Waals surface area contributed by atoms with Gasteiger partial charge in [-0.2, -0.15) is 0 Å². The topological polar surface area (TPSA) is 75.3 Å². The fourth-order valence-corrected chi connectivity index (χ4v) is 2.52. The molecule has 2 aromatic carbocycles. The number of hydrogen-bond donors (Lipinski definition) is 2. The van der Waals surface area contributed by atoms with Crippen LogP contribution in [0.15, 0.2) is 53.4 Å². The lowest BCUT2D eigenvalue weighted by molar-refractivity contribution is -0.114. The number of benzene rings is 2. The minimum Gasteiger partial charge on any atom is -0.376 e. The molecular weight excluding hydrogens is 312 g/mol. The fourth-order valence-electron chi connectivity index (χ4n) is 1.89. The lowest BCUT2D eigenvalue weighted by atomic mass is 10.2. The van der Waals surface area contributed by atoms with Crippen molar-refractivity contribution in [2.24, 2.45) is 0 Å². The molecule has 1 amide bonds.